The molecule has 3 aromatic rings. The Morgan fingerprint density at radius 3 is 2.54 bits per heavy atom. The predicted molar refractivity (Wildman–Crippen MR) is 111 cm³/mol. The summed E-state index contributed by atoms with van der Waals surface area (Å²) in [4.78, 5) is 14.0. The third-order valence-electron chi connectivity index (χ3n) is 4.63. The summed E-state index contributed by atoms with van der Waals surface area (Å²) in [5.74, 6) is 1.46. The molecule has 0 saturated carbocycles. The van der Waals surface area contributed by atoms with Crippen molar-refractivity contribution in [2.75, 3.05) is 6.54 Å². The van der Waals surface area contributed by atoms with E-state index >= 15 is 0 Å². The van der Waals surface area contributed by atoms with E-state index < -0.39 is 0 Å². The first kappa shape index (κ1) is 19.7. The lowest BCUT2D eigenvalue weighted by Crippen LogP contribution is -2.29. The van der Waals surface area contributed by atoms with E-state index in [2.05, 4.69) is 6.92 Å². The fraction of sp³-hybridized carbons (Fsp3) is 0.304. The van der Waals surface area contributed by atoms with E-state index in [1.54, 1.807) is 11.6 Å². The number of hydrogen-bond acceptors (Lipinski definition) is 3. The summed E-state index contributed by atoms with van der Waals surface area (Å²) in [6.07, 6.45) is 0.897. The zero-order valence-corrected chi connectivity index (χ0v) is 17.0. The van der Waals surface area contributed by atoms with Crippen LogP contribution in [0.2, 0.25) is 0 Å². The van der Waals surface area contributed by atoms with Gasteiger partial charge in [0.2, 0.25) is 11.8 Å². The maximum absolute atomic E-state index is 12.2. The van der Waals surface area contributed by atoms with E-state index in [1.165, 1.54) is 0 Å². The third-order valence-corrected chi connectivity index (χ3v) is 4.63. The Bertz CT molecular complexity index is 948. The van der Waals surface area contributed by atoms with Gasteiger partial charge in [-0.15, -0.1) is 0 Å². The quantitative estimate of drug-likeness (QED) is 0.585. The second-order valence-corrected chi connectivity index (χ2v) is 6.98. The van der Waals surface area contributed by atoms with Crippen LogP contribution in [0.4, 0.5) is 0 Å². The number of ether oxygens (including phenoxy) is 1. The molecule has 0 aliphatic rings. The topological polar surface area (TPSA) is 47.4 Å². The van der Waals surface area contributed by atoms with E-state index in [0.717, 1.165) is 34.6 Å². The Labute approximate surface area is 166 Å². The number of rotatable bonds is 7. The van der Waals surface area contributed by atoms with Crippen LogP contribution in [0.3, 0.4) is 0 Å². The molecule has 0 bridgehead atoms. The highest BCUT2D eigenvalue weighted by molar-refractivity contribution is 5.74. The second-order valence-electron chi connectivity index (χ2n) is 6.98. The van der Waals surface area contributed by atoms with Crippen LogP contribution in [0, 0.1) is 6.92 Å². The second kappa shape index (κ2) is 8.74. The Morgan fingerprint density at radius 1 is 1.14 bits per heavy atom. The van der Waals surface area contributed by atoms with E-state index in [1.807, 2.05) is 73.5 Å². The molecule has 0 atom stereocenters. The SMILES string of the molecule is CCCN(Cc1c(-c2ccccc2)nn(C)c1Oc1cccc(C)c1)C(C)=O. The van der Waals surface area contributed by atoms with Gasteiger partial charge in [-0.2, -0.15) is 5.10 Å². The van der Waals surface area contributed by atoms with Gasteiger partial charge in [0.05, 0.1) is 12.1 Å². The van der Waals surface area contributed by atoms with Crippen LogP contribution in [-0.4, -0.2) is 27.1 Å². The molecule has 5 nitrogen and oxygen atoms in total. The van der Waals surface area contributed by atoms with Crippen molar-refractivity contribution in [2.45, 2.75) is 33.7 Å². The average molecular weight is 377 g/mol. The summed E-state index contributed by atoms with van der Waals surface area (Å²) in [5, 5.41) is 4.73. The van der Waals surface area contributed by atoms with Gasteiger partial charge in [-0.3, -0.25) is 4.79 Å². The Hall–Kier alpha value is -3.08. The van der Waals surface area contributed by atoms with Gasteiger partial charge in [0.15, 0.2) is 0 Å². The number of benzene rings is 2. The lowest BCUT2D eigenvalue weighted by Gasteiger charge is -2.21. The maximum atomic E-state index is 12.2. The molecule has 0 spiro atoms. The molecule has 0 fully saturated rings. The smallest absolute Gasteiger partial charge is 0.223 e. The van der Waals surface area contributed by atoms with Crippen molar-refractivity contribution >= 4 is 5.91 Å². The lowest BCUT2D eigenvalue weighted by atomic mass is 10.1. The average Bonchev–Trinajstić information content (AvgIpc) is 2.98. The van der Waals surface area contributed by atoms with Crippen LogP contribution in [0.15, 0.2) is 54.6 Å². The standard InChI is InChI=1S/C23H27N3O2/c1-5-14-26(18(3)27)16-21-22(19-11-7-6-8-12-19)24-25(4)23(21)28-20-13-9-10-17(2)15-20/h6-13,15H,5,14,16H2,1-4H3. The Morgan fingerprint density at radius 2 is 1.89 bits per heavy atom. The van der Waals surface area contributed by atoms with Gasteiger partial charge in [-0.05, 0) is 31.0 Å². The maximum Gasteiger partial charge on any atom is 0.223 e. The molecule has 1 aromatic heterocycles. The third kappa shape index (κ3) is 4.42. The van der Waals surface area contributed by atoms with E-state index in [-0.39, 0.29) is 5.91 Å². The van der Waals surface area contributed by atoms with Crippen molar-refractivity contribution in [3.63, 3.8) is 0 Å². The van der Waals surface area contributed by atoms with E-state index in [0.29, 0.717) is 19.0 Å². The fourth-order valence-corrected chi connectivity index (χ4v) is 3.25. The summed E-state index contributed by atoms with van der Waals surface area (Å²) < 4.78 is 8.00. The van der Waals surface area contributed by atoms with E-state index in [4.69, 9.17) is 9.84 Å². The van der Waals surface area contributed by atoms with Crippen molar-refractivity contribution in [3.8, 4) is 22.9 Å². The molecule has 0 aliphatic carbocycles. The van der Waals surface area contributed by atoms with Crippen LogP contribution >= 0.6 is 0 Å². The van der Waals surface area contributed by atoms with Crippen LogP contribution in [0.1, 0.15) is 31.4 Å². The summed E-state index contributed by atoms with van der Waals surface area (Å²) >= 11 is 0. The predicted octanol–water partition coefficient (Wildman–Crippen LogP) is 4.95. The molecular formula is C23H27N3O2. The summed E-state index contributed by atoms with van der Waals surface area (Å²) in [6, 6.07) is 17.9. The first-order chi connectivity index (χ1) is 13.5. The number of carbonyl (C=O) groups excluding carboxylic acids is 1. The molecule has 28 heavy (non-hydrogen) atoms. The number of aromatic nitrogens is 2. The summed E-state index contributed by atoms with van der Waals surface area (Å²) in [6.45, 7) is 6.87. The zero-order valence-electron chi connectivity index (χ0n) is 17.0. The van der Waals surface area contributed by atoms with Gasteiger partial charge >= 0.3 is 0 Å². The van der Waals surface area contributed by atoms with Gasteiger partial charge in [-0.25, -0.2) is 4.68 Å². The van der Waals surface area contributed by atoms with Gasteiger partial charge in [0.1, 0.15) is 11.4 Å². The number of nitrogens with zero attached hydrogens (tertiary/aromatic N) is 3. The number of aryl methyl sites for hydroxylation is 2. The van der Waals surface area contributed by atoms with Gasteiger partial charge in [-0.1, -0.05) is 49.4 Å². The number of amides is 1. The minimum Gasteiger partial charge on any atom is -0.439 e. The van der Waals surface area contributed by atoms with Crippen molar-refractivity contribution in [1.29, 1.82) is 0 Å². The van der Waals surface area contributed by atoms with Crippen LogP contribution < -0.4 is 4.74 Å². The van der Waals surface area contributed by atoms with Gasteiger partial charge in [0.25, 0.3) is 0 Å². The van der Waals surface area contributed by atoms with Crippen molar-refractivity contribution in [2.24, 2.45) is 7.05 Å². The summed E-state index contributed by atoms with van der Waals surface area (Å²) in [5.41, 5.74) is 3.89. The van der Waals surface area contributed by atoms with Crippen LogP contribution in [0.5, 0.6) is 11.6 Å². The van der Waals surface area contributed by atoms with Crippen molar-refractivity contribution in [1.82, 2.24) is 14.7 Å². The highest BCUT2D eigenvalue weighted by Crippen LogP contribution is 2.34. The lowest BCUT2D eigenvalue weighted by molar-refractivity contribution is -0.129. The van der Waals surface area contributed by atoms with Crippen LogP contribution in [0.25, 0.3) is 11.3 Å². The molecule has 0 N–H and O–H groups in total. The van der Waals surface area contributed by atoms with Gasteiger partial charge < -0.3 is 9.64 Å². The minimum absolute atomic E-state index is 0.0474. The Kier molecular flexibility index (Phi) is 6.14. The molecule has 1 heterocycles. The molecule has 0 aliphatic heterocycles. The zero-order chi connectivity index (χ0) is 20.1. The van der Waals surface area contributed by atoms with Crippen LogP contribution in [-0.2, 0) is 18.4 Å². The molecule has 0 radical (unpaired) electrons. The molecule has 146 valence electrons. The molecule has 3 rings (SSSR count). The van der Waals surface area contributed by atoms with Gasteiger partial charge in [0, 0.05) is 26.1 Å². The minimum atomic E-state index is 0.0474. The molecule has 5 heteroatoms. The van der Waals surface area contributed by atoms with E-state index in [9.17, 15) is 4.79 Å². The molecule has 0 unspecified atom stereocenters. The first-order valence-corrected chi connectivity index (χ1v) is 9.61. The monoisotopic (exact) mass is 377 g/mol. The molecular weight excluding hydrogens is 350 g/mol. The largest absolute Gasteiger partial charge is 0.439 e. The highest BCUT2D eigenvalue weighted by Gasteiger charge is 2.23. The molecule has 0 saturated heterocycles. The molecule has 2 aromatic carbocycles. The normalized spacial score (nSPS) is 10.7. The van der Waals surface area contributed by atoms with Crippen molar-refractivity contribution in [3.05, 3.63) is 65.7 Å². The summed E-state index contributed by atoms with van der Waals surface area (Å²) in [7, 11) is 1.87. The molecule has 1 amide bonds. The number of hydrogen-bond donors (Lipinski definition) is 0. The first-order valence-electron chi connectivity index (χ1n) is 9.61. The number of carbonyl (C=O) groups is 1. The fourth-order valence-electron chi connectivity index (χ4n) is 3.25. The highest BCUT2D eigenvalue weighted by atomic mass is 16.5. The Balaban J connectivity index is 2.07. The van der Waals surface area contributed by atoms with Crippen molar-refractivity contribution < 1.29 is 9.53 Å².